The maximum atomic E-state index is 13.6. The Balaban J connectivity index is 1.78. The molecule has 3 aromatic rings. The first-order valence-electron chi connectivity index (χ1n) is 7.83. The van der Waals surface area contributed by atoms with Crippen molar-refractivity contribution in [1.82, 2.24) is 15.3 Å². The number of carbonyl (C=O) groups excluding carboxylic acids is 1. The molecular formula is C17H15ClF2N4O3. The summed E-state index contributed by atoms with van der Waals surface area (Å²) in [6, 6.07) is 4.37. The van der Waals surface area contributed by atoms with Crippen molar-refractivity contribution in [2.24, 2.45) is 5.73 Å². The maximum absolute atomic E-state index is 13.6. The molecule has 0 saturated carbocycles. The second-order valence-corrected chi connectivity index (χ2v) is 6.00. The van der Waals surface area contributed by atoms with E-state index in [0.29, 0.717) is 5.69 Å². The van der Waals surface area contributed by atoms with Crippen LogP contribution in [0.3, 0.4) is 0 Å². The summed E-state index contributed by atoms with van der Waals surface area (Å²) in [5, 5.41) is 11.0. The molecule has 0 spiro atoms. The molecule has 1 unspecified atom stereocenters. The number of benzene rings is 1. The van der Waals surface area contributed by atoms with Gasteiger partial charge in [-0.3, -0.25) is 4.79 Å². The molecule has 27 heavy (non-hydrogen) atoms. The molecule has 5 N–H and O–H groups in total. The van der Waals surface area contributed by atoms with Gasteiger partial charge in [0.05, 0.1) is 6.20 Å². The van der Waals surface area contributed by atoms with Crippen LogP contribution >= 0.6 is 11.6 Å². The minimum absolute atomic E-state index is 0.0122. The van der Waals surface area contributed by atoms with E-state index in [2.05, 4.69) is 15.3 Å². The van der Waals surface area contributed by atoms with E-state index in [1.54, 1.807) is 0 Å². The zero-order valence-corrected chi connectivity index (χ0v) is 14.6. The molecule has 0 aliphatic rings. The second kappa shape index (κ2) is 7.87. The predicted octanol–water partition coefficient (Wildman–Crippen LogP) is 2.52. The fourth-order valence-corrected chi connectivity index (χ4v) is 2.53. The summed E-state index contributed by atoms with van der Waals surface area (Å²) < 4.78 is 32.5. The summed E-state index contributed by atoms with van der Waals surface area (Å²) in [5.41, 5.74) is 6.32. The average Bonchev–Trinajstić information content (AvgIpc) is 3.33. The van der Waals surface area contributed by atoms with E-state index in [4.69, 9.17) is 26.9 Å². The van der Waals surface area contributed by atoms with Gasteiger partial charge in [-0.1, -0.05) is 11.6 Å². The number of nitrogens with zero attached hydrogens (tertiary/aromatic N) is 1. The van der Waals surface area contributed by atoms with Crippen molar-refractivity contribution in [2.45, 2.75) is 12.6 Å². The van der Waals surface area contributed by atoms with Gasteiger partial charge < -0.3 is 25.6 Å². The third kappa shape index (κ3) is 4.00. The fourth-order valence-electron chi connectivity index (χ4n) is 2.42. The Morgan fingerprint density at radius 1 is 1.37 bits per heavy atom. The summed E-state index contributed by atoms with van der Waals surface area (Å²) in [6.45, 7) is -0.315. The van der Waals surface area contributed by atoms with Crippen LogP contribution in [0.25, 0.3) is 11.3 Å². The van der Waals surface area contributed by atoms with Gasteiger partial charge in [0.15, 0.2) is 0 Å². The number of halogens is 3. The normalized spacial score (nSPS) is 12.2. The van der Waals surface area contributed by atoms with Gasteiger partial charge in [0.1, 0.15) is 40.8 Å². The van der Waals surface area contributed by atoms with Crippen LogP contribution < -0.4 is 11.1 Å². The number of hydrogen-bond acceptors (Lipinski definition) is 5. The van der Waals surface area contributed by atoms with Crippen molar-refractivity contribution >= 4 is 17.5 Å². The summed E-state index contributed by atoms with van der Waals surface area (Å²) in [4.78, 5) is 19.1. The molecule has 2 heterocycles. The Morgan fingerprint density at radius 3 is 2.67 bits per heavy atom. The lowest BCUT2D eigenvalue weighted by Gasteiger charge is -2.12. The number of H-pyrrole nitrogens is 1. The molecule has 1 amide bonds. The van der Waals surface area contributed by atoms with E-state index < -0.39 is 28.6 Å². The zero-order chi connectivity index (χ0) is 19.6. The third-order valence-electron chi connectivity index (χ3n) is 3.79. The van der Waals surface area contributed by atoms with E-state index in [1.807, 2.05) is 0 Å². The minimum atomic E-state index is -0.904. The molecule has 0 bridgehead atoms. The molecule has 10 heteroatoms. The lowest BCUT2D eigenvalue weighted by atomic mass is 10.1. The Bertz CT molecular complexity index is 950. The van der Waals surface area contributed by atoms with E-state index >= 15 is 0 Å². The van der Waals surface area contributed by atoms with Crippen LogP contribution in [-0.4, -0.2) is 27.5 Å². The van der Waals surface area contributed by atoms with Gasteiger partial charge in [0.2, 0.25) is 5.89 Å². The van der Waals surface area contributed by atoms with Crippen molar-refractivity contribution < 1.29 is 23.1 Å². The molecule has 2 aromatic heterocycles. The molecular weight excluding hydrogens is 382 g/mol. The zero-order valence-electron chi connectivity index (χ0n) is 13.8. The van der Waals surface area contributed by atoms with Gasteiger partial charge in [-0.2, -0.15) is 0 Å². The highest BCUT2D eigenvalue weighted by atomic mass is 35.5. The molecule has 3 rings (SSSR count). The number of oxazole rings is 1. The quantitative estimate of drug-likeness (QED) is 0.478. The van der Waals surface area contributed by atoms with E-state index in [9.17, 15) is 13.6 Å². The minimum Gasteiger partial charge on any atom is -0.441 e. The number of rotatable bonds is 6. The summed E-state index contributed by atoms with van der Waals surface area (Å²) in [5.74, 6) is -1.93. The van der Waals surface area contributed by atoms with Gasteiger partial charge >= 0.3 is 0 Å². The highest BCUT2D eigenvalue weighted by molar-refractivity contribution is 6.31. The number of aromatic nitrogens is 2. The topological polar surface area (TPSA) is 117 Å². The van der Waals surface area contributed by atoms with Crippen LogP contribution in [0.4, 0.5) is 8.78 Å². The van der Waals surface area contributed by atoms with Crippen LogP contribution in [0.1, 0.15) is 28.2 Å². The van der Waals surface area contributed by atoms with Crippen molar-refractivity contribution in [3.63, 3.8) is 0 Å². The van der Waals surface area contributed by atoms with Crippen molar-refractivity contribution in [1.29, 1.82) is 0 Å². The summed E-state index contributed by atoms with van der Waals surface area (Å²) in [7, 11) is 0. The van der Waals surface area contributed by atoms with Crippen LogP contribution in [0.5, 0.6) is 0 Å². The smallest absolute Gasteiger partial charge is 0.268 e. The Morgan fingerprint density at radius 2 is 2.07 bits per heavy atom. The summed E-state index contributed by atoms with van der Waals surface area (Å²) >= 11 is 5.47. The van der Waals surface area contributed by atoms with Gasteiger partial charge in [-0.15, -0.1) is 0 Å². The number of nitrogens with two attached hydrogens (primary N) is 1. The van der Waals surface area contributed by atoms with Gasteiger partial charge in [0, 0.05) is 17.8 Å². The Hall–Kier alpha value is -2.75. The summed E-state index contributed by atoms with van der Waals surface area (Å²) in [6.07, 6.45) is 1.33. The first-order valence-corrected chi connectivity index (χ1v) is 8.21. The van der Waals surface area contributed by atoms with Gasteiger partial charge in [0.25, 0.3) is 5.91 Å². The number of hydrogen-bond donors (Lipinski definition) is 4. The number of carbonyl (C=O) groups is 1. The lowest BCUT2D eigenvalue weighted by Crippen LogP contribution is -2.33. The van der Waals surface area contributed by atoms with Crippen molar-refractivity contribution in [3.05, 3.63) is 64.5 Å². The van der Waals surface area contributed by atoms with E-state index in [1.165, 1.54) is 18.3 Å². The fraction of sp³-hybridized carbons (Fsp3) is 0.176. The maximum Gasteiger partial charge on any atom is 0.268 e. The Kier molecular flexibility index (Phi) is 5.54. The molecule has 1 aromatic carbocycles. The SMILES string of the molecule is NCC(NC(=O)c1ccc(-c2cc(F)c(Cl)c(F)c2)[nH]1)c1ncc(CO)o1. The number of amides is 1. The van der Waals surface area contributed by atoms with Crippen molar-refractivity contribution in [3.8, 4) is 11.3 Å². The van der Waals surface area contributed by atoms with Crippen molar-refractivity contribution in [2.75, 3.05) is 6.54 Å². The second-order valence-electron chi connectivity index (χ2n) is 5.62. The molecule has 7 nitrogen and oxygen atoms in total. The molecule has 142 valence electrons. The largest absolute Gasteiger partial charge is 0.441 e. The average molecular weight is 397 g/mol. The highest BCUT2D eigenvalue weighted by Crippen LogP contribution is 2.27. The van der Waals surface area contributed by atoms with Crippen LogP contribution in [0.2, 0.25) is 5.02 Å². The van der Waals surface area contributed by atoms with Gasteiger partial charge in [-0.05, 0) is 24.3 Å². The lowest BCUT2D eigenvalue weighted by molar-refractivity contribution is 0.0926. The Labute approximate surface area is 157 Å². The molecule has 0 fully saturated rings. The number of aromatic amines is 1. The number of nitrogens with one attached hydrogen (secondary N) is 2. The number of aliphatic hydroxyl groups excluding tert-OH is 1. The molecule has 0 aliphatic heterocycles. The van der Waals surface area contributed by atoms with Crippen LogP contribution in [-0.2, 0) is 6.61 Å². The standard InChI is InChI=1S/C17H15ClF2N4O3/c18-15-10(19)3-8(4-11(15)20)12-1-2-13(23-12)16(26)24-14(5-21)17-22-6-9(7-25)27-17/h1-4,6,14,23,25H,5,7,21H2,(H,24,26). The molecule has 0 saturated heterocycles. The third-order valence-corrected chi connectivity index (χ3v) is 4.15. The van der Waals surface area contributed by atoms with E-state index in [0.717, 1.165) is 12.1 Å². The highest BCUT2D eigenvalue weighted by Gasteiger charge is 2.20. The molecule has 1 atom stereocenters. The van der Waals surface area contributed by atoms with Crippen LogP contribution in [0, 0.1) is 11.6 Å². The molecule has 0 radical (unpaired) electrons. The van der Waals surface area contributed by atoms with E-state index in [-0.39, 0.29) is 36.1 Å². The predicted molar refractivity (Wildman–Crippen MR) is 92.8 cm³/mol. The first kappa shape index (κ1) is 19.0. The monoisotopic (exact) mass is 396 g/mol. The number of aliphatic hydroxyl groups is 1. The molecule has 0 aliphatic carbocycles. The van der Waals surface area contributed by atoms with Gasteiger partial charge in [-0.25, -0.2) is 13.8 Å². The first-order chi connectivity index (χ1) is 12.9. The van der Waals surface area contributed by atoms with Crippen LogP contribution in [0.15, 0.2) is 34.9 Å².